The molecule has 1 fully saturated rings. The number of hydrogen-bond donors (Lipinski definition) is 2. The van der Waals surface area contributed by atoms with E-state index in [9.17, 15) is 13.2 Å². The number of alkyl halides is 3. The fraction of sp³-hybridized carbons (Fsp3) is 0.545. The molecule has 0 unspecified atom stereocenters. The molecule has 2 N–H and O–H groups in total. The molecule has 3 heterocycles. The molecule has 0 atom stereocenters. The molecule has 176 valence electrons. The van der Waals surface area contributed by atoms with Crippen LogP contribution in [0, 0.1) is 12.8 Å². The second-order valence-corrected chi connectivity index (χ2v) is 7.80. The van der Waals surface area contributed by atoms with Gasteiger partial charge in [-0.3, -0.25) is 5.10 Å². The molecule has 1 saturated heterocycles. The van der Waals surface area contributed by atoms with E-state index in [-0.39, 0.29) is 5.88 Å². The number of allylic oxidation sites excluding steroid dienone is 2. The van der Waals surface area contributed by atoms with E-state index < -0.39 is 13.3 Å². The third kappa shape index (κ3) is 6.15. The summed E-state index contributed by atoms with van der Waals surface area (Å²) in [5.74, 6) is 1.08. The van der Waals surface area contributed by atoms with E-state index in [1.165, 1.54) is 6.07 Å². The molecule has 1 aliphatic heterocycles. The molecule has 0 aliphatic carbocycles. The molecular formula is C22H30F3N5O2. The van der Waals surface area contributed by atoms with Crippen LogP contribution in [0.4, 0.5) is 19.0 Å². The molecule has 2 aromatic rings. The van der Waals surface area contributed by atoms with Crippen LogP contribution in [-0.4, -0.2) is 39.6 Å². The first-order valence-corrected chi connectivity index (χ1v) is 10.8. The lowest BCUT2D eigenvalue weighted by molar-refractivity contribution is -0.0528. The van der Waals surface area contributed by atoms with Gasteiger partial charge in [0.05, 0.1) is 5.69 Å². The van der Waals surface area contributed by atoms with Gasteiger partial charge in [-0.15, -0.1) is 5.10 Å². The highest BCUT2D eigenvalue weighted by Gasteiger charge is 2.19. The maximum atomic E-state index is 13.7. The lowest BCUT2D eigenvalue weighted by Gasteiger charge is -2.23. The molecule has 0 spiro atoms. The van der Waals surface area contributed by atoms with Gasteiger partial charge in [-0.2, -0.15) is 8.78 Å². The molecule has 10 heteroatoms. The molecule has 32 heavy (non-hydrogen) atoms. The highest BCUT2D eigenvalue weighted by Crippen LogP contribution is 2.23. The minimum absolute atomic E-state index is 0.199. The summed E-state index contributed by atoms with van der Waals surface area (Å²) in [6, 6.07) is 1.36. The molecule has 2 aromatic heterocycles. The highest BCUT2D eigenvalue weighted by molar-refractivity contribution is 5.57. The van der Waals surface area contributed by atoms with Crippen molar-refractivity contribution in [2.45, 2.75) is 59.9 Å². The van der Waals surface area contributed by atoms with Crippen molar-refractivity contribution in [3.8, 4) is 5.88 Å². The number of halogens is 3. The largest absolute Gasteiger partial charge is 0.415 e. The summed E-state index contributed by atoms with van der Waals surface area (Å²) in [5.41, 5.74) is 3.40. The van der Waals surface area contributed by atoms with Crippen molar-refractivity contribution in [3.63, 3.8) is 0 Å². The van der Waals surface area contributed by atoms with Gasteiger partial charge in [-0.25, -0.2) is 9.37 Å². The molecule has 0 saturated carbocycles. The zero-order valence-electron chi connectivity index (χ0n) is 18.6. The Kier molecular flexibility index (Phi) is 8.38. The molecule has 0 aromatic carbocycles. The minimum atomic E-state index is -2.94. The maximum Gasteiger partial charge on any atom is 0.388 e. The summed E-state index contributed by atoms with van der Waals surface area (Å²) in [6.45, 7) is 4.55. The second kappa shape index (κ2) is 11.2. The summed E-state index contributed by atoms with van der Waals surface area (Å²) in [7, 11) is 0. The molecule has 3 rings (SSSR count). The molecule has 0 amide bonds. The van der Waals surface area contributed by atoms with Gasteiger partial charge in [0.15, 0.2) is 0 Å². The van der Waals surface area contributed by atoms with E-state index in [0.29, 0.717) is 23.3 Å². The quantitative estimate of drug-likeness (QED) is 0.482. The number of aromatic nitrogens is 4. The minimum Gasteiger partial charge on any atom is -0.415 e. The van der Waals surface area contributed by atoms with Crippen LogP contribution in [0.5, 0.6) is 5.88 Å². The van der Waals surface area contributed by atoms with Crippen LogP contribution in [-0.2, 0) is 18.0 Å². The van der Waals surface area contributed by atoms with Gasteiger partial charge >= 0.3 is 6.61 Å². The van der Waals surface area contributed by atoms with E-state index in [1.54, 1.807) is 0 Å². The summed E-state index contributed by atoms with van der Waals surface area (Å²) in [5, 5.41) is 9.48. The van der Waals surface area contributed by atoms with Crippen LogP contribution in [0.2, 0.25) is 0 Å². The van der Waals surface area contributed by atoms with E-state index in [0.717, 1.165) is 56.0 Å². The van der Waals surface area contributed by atoms with Crippen molar-refractivity contribution >= 4 is 11.9 Å². The van der Waals surface area contributed by atoms with Crippen LogP contribution in [0.15, 0.2) is 23.4 Å². The van der Waals surface area contributed by atoms with Crippen molar-refractivity contribution in [2.24, 2.45) is 5.92 Å². The Labute approximate surface area is 185 Å². The van der Waals surface area contributed by atoms with Crippen LogP contribution >= 0.6 is 0 Å². The normalized spacial score (nSPS) is 16.1. The van der Waals surface area contributed by atoms with Crippen molar-refractivity contribution in [2.75, 3.05) is 18.5 Å². The van der Waals surface area contributed by atoms with Crippen molar-refractivity contribution in [1.29, 1.82) is 0 Å². The van der Waals surface area contributed by atoms with Crippen LogP contribution < -0.4 is 10.1 Å². The number of hydrogen-bond acceptors (Lipinski definition) is 5. The van der Waals surface area contributed by atoms with Crippen LogP contribution in [0.25, 0.3) is 6.08 Å². The lowest BCUT2D eigenvalue weighted by atomic mass is 10.0. The Bertz CT molecular complexity index is 946. The summed E-state index contributed by atoms with van der Waals surface area (Å²) >= 11 is 0. The first-order valence-electron chi connectivity index (χ1n) is 10.8. The maximum absolute atomic E-state index is 13.7. The van der Waals surface area contributed by atoms with Gasteiger partial charge < -0.3 is 19.4 Å². The first kappa shape index (κ1) is 23.9. The van der Waals surface area contributed by atoms with Gasteiger partial charge in [0.2, 0.25) is 5.88 Å². The van der Waals surface area contributed by atoms with Crippen molar-refractivity contribution < 1.29 is 22.6 Å². The summed E-state index contributed by atoms with van der Waals surface area (Å²) in [6.07, 6.45) is 6.38. The zero-order valence-corrected chi connectivity index (χ0v) is 18.6. The fourth-order valence-electron chi connectivity index (χ4n) is 3.61. The number of ether oxygens (including phenoxy) is 2. The number of aromatic amines is 1. The number of rotatable bonds is 10. The predicted octanol–water partition coefficient (Wildman–Crippen LogP) is 5.22. The molecule has 1 aliphatic rings. The van der Waals surface area contributed by atoms with E-state index in [1.807, 2.05) is 37.5 Å². The van der Waals surface area contributed by atoms with Crippen LogP contribution in [0.1, 0.15) is 50.3 Å². The average Bonchev–Trinajstić information content (AvgIpc) is 3.34. The van der Waals surface area contributed by atoms with E-state index >= 15 is 0 Å². The van der Waals surface area contributed by atoms with Gasteiger partial charge in [-0.05, 0) is 51.2 Å². The third-order valence-electron chi connectivity index (χ3n) is 5.67. The monoisotopic (exact) mass is 453 g/mol. The SMILES string of the molecule is CC/C(C)=C(/C=C\c1nc(CF)n(CC2CCOCC2)c1C)Nc1cc(OC(F)F)n[nH]1. The Hall–Kier alpha value is -2.75. The van der Waals surface area contributed by atoms with Gasteiger partial charge in [0.1, 0.15) is 18.3 Å². The molecule has 0 bridgehead atoms. The third-order valence-corrected chi connectivity index (χ3v) is 5.67. The van der Waals surface area contributed by atoms with Gasteiger partial charge in [-0.1, -0.05) is 12.5 Å². The number of imidazole rings is 1. The zero-order chi connectivity index (χ0) is 23.1. The Morgan fingerprint density at radius 2 is 2.16 bits per heavy atom. The fourth-order valence-corrected chi connectivity index (χ4v) is 3.61. The summed E-state index contributed by atoms with van der Waals surface area (Å²) in [4.78, 5) is 4.49. The first-order chi connectivity index (χ1) is 15.4. The summed E-state index contributed by atoms with van der Waals surface area (Å²) < 4.78 is 50.1. The van der Waals surface area contributed by atoms with Crippen molar-refractivity contribution in [3.05, 3.63) is 40.6 Å². The number of anilines is 1. The Morgan fingerprint density at radius 1 is 1.41 bits per heavy atom. The number of nitrogens with zero attached hydrogens (tertiary/aromatic N) is 3. The number of nitrogens with one attached hydrogen (secondary N) is 2. The number of H-pyrrole nitrogens is 1. The Morgan fingerprint density at radius 3 is 2.81 bits per heavy atom. The average molecular weight is 454 g/mol. The smallest absolute Gasteiger partial charge is 0.388 e. The standard InChI is InChI=1S/C22H30F3N5O2/c1-4-14(2)17(26-19-11-21(29-28-19)32-22(24)25)5-6-18-15(3)30(20(12-23)27-18)13-16-7-9-31-10-8-16/h5-6,11,16,22H,4,7-10,12-13H2,1-3H3,(H2,26,28,29)/b6-5-,17-14-. The van der Waals surface area contributed by atoms with E-state index in [2.05, 4.69) is 25.2 Å². The highest BCUT2D eigenvalue weighted by atomic mass is 19.3. The molecular weight excluding hydrogens is 423 g/mol. The second-order valence-electron chi connectivity index (χ2n) is 7.80. The van der Waals surface area contributed by atoms with Crippen LogP contribution in [0.3, 0.4) is 0 Å². The Balaban J connectivity index is 1.78. The predicted molar refractivity (Wildman–Crippen MR) is 116 cm³/mol. The van der Waals surface area contributed by atoms with E-state index in [4.69, 9.17) is 4.74 Å². The molecule has 0 radical (unpaired) electrons. The van der Waals surface area contributed by atoms with Gasteiger partial charge in [0, 0.05) is 37.2 Å². The lowest BCUT2D eigenvalue weighted by Crippen LogP contribution is -2.21. The van der Waals surface area contributed by atoms with Gasteiger partial charge in [0.25, 0.3) is 0 Å². The molecule has 7 nitrogen and oxygen atoms in total. The van der Waals surface area contributed by atoms with Crippen molar-refractivity contribution in [1.82, 2.24) is 19.7 Å². The topological polar surface area (TPSA) is 77.0 Å².